The summed E-state index contributed by atoms with van der Waals surface area (Å²) in [4.78, 5) is 17.2. The van der Waals surface area contributed by atoms with E-state index in [-0.39, 0.29) is 22.1 Å². The molecule has 0 bridgehead atoms. The molecule has 2 N–H and O–H groups in total. The molecule has 0 atom stereocenters. The van der Waals surface area contributed by atoms with E-state index in [1.165, 1.54) is 17.7 Å². The van der Waals surface area contributed by atoms with Crippen molar-refractivity contribution in [1.82, 2.24) is 4.98 Å². The second kappa shape index (κ2) is 8.84. The smallest absolute Gasteiger partial charge is 0.347 e. The van der Waals surface area contributed by atoms with E-state index >= 15 is 0 Å². The predicted octanol–water partition coefficient (Wildman–Crippen LogP) is 5.47. The van der Waals surface area contributed by atoms with Crippen LogP contribution in [0.1, 0.15) is 15.9 Å². The summed E-state index contributed by atoms with van der Waals surface area (Å²) >= 11 is 6.28. The van der Waals surface area contributed by atoms with Gasteiger partial charge in [-0.3, -0.25) is 4.98 Å². The number of pyridine rings is 1. The lowest BCUT2D eigenvalue weighted by Crippen LogP contribution is -2.11. The number of rotatable bonds is 6. The number of nitrogens with one attached hydrogen (secondary N) is 1. The van der Waals surface area contributed by atoms with E-state index in [1.54, 1.807) is 24.4 Å². The summed E-state index contributed by atoms with van der Waals surface area (Å²) in [5.41, 5.74) is 2.70. The molecular weight excluding hydrogens is 400 g/mol. The first-order valence-corrected chi connectivity index (χ1v) is 9.86. The zero-order chi connectivity index (χ0) is 20.9. The number of benzene rings is 3. The monoisotopic (exact) mass is 418 g/mol. The molecule has 4 rings (SSSR count). The molecule has 150 valence electrons. The zero-order valence-electron chi connectivity index (χ0n) is 16.0. The Morgan fingerprint density at radius 3 is 2.60 bits per heavy atom. The first-order chi connectivity index (χ1) is 14.6. The molecule has 1 aromatic heterocycles. The minimum absolute atomic E-state index is 0.0646. The van der Waals surface area contributed by atoms with Crippen LogP contribution in [0.4, 0.5) is 5.69 Å². The molecular formula is C24H19ClN2O3. The Morgan fingerprint density at radius 2 is 1.80 bits per heavy atom. The molecule has 5 nitrogen and oxygen atoms in total. The fraction of sp³-hybridized carbons (Fsp3) is 0.0833. The lowest BCUT2D eigenvalue weighted by Gasteiger charge is -2.11. The average Bonchev–Trinajstić information content (AvgIpc) is 2.76. The van der Waals surface area contributed by atoms with Crippen molar-refractivity contribution >= 4 is 34.2 Å². The SMILES string of the molecule is O=C(Oc1ccccc1O)c1c(Cl)ccc2cc(NCCc3ccccc3)cnc12. The quantitative estimate of drug-likeness (QED) is 0.321. The molecule has 0 radical (unpaired) electrons. The van der Waals surface area contributed by atoms with Gasteiger partial charge in [-0.25, -0.2) is 4.79 Å². The number of phenolic OH excluding ortho intramolecular Hbond substituents is 1. The molecule has 6 heteroatoms. The third-order valence-corrected chi connectivity index (χ3v) is 4.97. The van der Waals surface area contributed by atoms with Crippen LogP contribution < -0.4 is 10.1 Å². The maximum absolute atomic E-state index is 12.7. The van der Waals surface area contributed by atoms with Crippen molar-refractivity contribution in [2.45, 2.75) is 6.42 Å². The number of aromatic hydroxyl groups is 1. The Morgan fingerprint density at radius 1 is 1.03 bits per heavy atom. The Hall–Kier alpha value is -3.57. The van der Waals surface area contributed by atoms with Crippen LogP contribution in [0.25, 0.3) is 10.9 Å². The number of ether oxygens (including phenoxy) is 1. The van der Waals surface area contributed by atoms with Crippen molar-refractivity contribution in [1.29, 1.82) is 0 Å². The van der Waals surface area contributed by atoms with Crippen molar-refractivity contribution in [3.63, 3.8) is 0 Å². The molecule has 0 fully saturated rings. The van der Waals surface area contributed by atoms with Crippen LogP contribution in [-0.4, -0.2) is 22.6 Å². The molecule has 0 spiro atoms. The summed E-state index contributed by atoms with van der Waals surface area (Å²) in [5, 5.41) is 14.2. The van der Waals surface area contributed by atoms with Gasteiger partial charge in [-0.15, -0.1) is 0 Å². The second-order valence-corrected chi connectivity index (χ2v) is 7.14. The second-order valence-electron chi connectivity index (χ2n) is 6.74. The maximum Gasteiger partial charge on any atom is 0.347 e. The number of esters is 1. The molecule has 0 saturated carbocycles. The highest BCUT2D eigenvalue weighted by Crippen LogP contribution is 2.30. The topological polar surface area (TPSA) is 71.5 Å². The van der Waals surface area contributed by atoms with Crippen molar-refractivity contribution in [2.24, 2.45) is 0 Å². The third kappa shape index (κ3) is 4.36. The summed E-state index contributed by atoms with van der Waals surface area (Å²) in [6.45, 7) is 0.757. The van der Waals surface area contributed by atoms with Crippen molar-refractivity contribution in [3.05, 3.63) is 95.1 Å². The van der Waals surface area contributed by atoms with Crippen LogP contribution in [0.5, 0.6) is 11.5 Å². The number of para-hydroxylation sites is 2. The van der Waals surface area contributed by atoms with Gasteiger partial charge in [-0.05, 0) is 36.2 Å². The number of fused-ring (bicyclic) bond motifs is 1. The summed E-state index contributed by atoms with van der Waals surface area (Å²) < 4.78 is 5.34. The fourth-order valence-electron chi connectivity index (χ4n) is 3.16. The van der Waals surface area contributed by atoms with Gasteiger partial charge in [0.1, 0.15) is 5.56 Å². The first kappa shape index (κ1) is 19.7. The Kier molecular flexibility index (Phi) is 5.82. The number of phenols is 1. The Bertz CT molecular complexity index is 1200. The number of hydrogen-bond donors (Lipinski definition) is 2. The highest BCUT2D eigenvalue weighted by Gasteiger charge is 2.19. The van der Waals surface area contributed by atoms with Gasteiger partial charge in [0.05, 0.1) is 22.4 Å². The van der Waals surface area contributed by atoms with Crippen LogP contribution in [0.15, 0.2) is 79.0 Å². The summed E-state index contributed by atoms with van der Waals surface area (Å²) in [6, 6.07) is 21.8. The third-order valence-electron chi connectivity index (χ3n) is 4.66. The van der Waals surface area contributed by atoms with E-state index < -0.39 is 5.97 Å². The van der Waals surface area contributed by atoms with Gasteiger partial charge in [0.25, 0.3) is 0 Å². The fourth-order valence-corrected chi connectivity index (χ4v) is 3.39. The number of carbonyl (C=O) groups is 1. The molecule has 0 aliphatic carbocycles. The molecule has 0 aliphatic heterocycles. The van der Waals surface area contributed by atoms with E-state index in [0.717, 1.165) is 24.0 Å². The first-order valence-electron chi connectivity index (χ1n) is 9.48. The van der Waals surface area contributed by atoms with Gasteiger partial charge >= 0.3 is 5.97 Å². The van der Waals surface area contributed by atoms with E-state index in [2.05, 4.69) is 22.4 Å². The summed E-state index contributed by atoms with van der Waals surface area (Å²) in [7, 11) is 0. The van der Waals surface area contributed by atoms with Crippen LogP contribution in [0.2, 0.25) is 5.02 Å². The zero-order valence-corrected chi connectivity index (χ0v) is 16.8. The van der Waals surface area contributed by atoms with Crippen LogP contribution in [0.3, 0.4) is 0 Å². The minimum atomic E-state index is -0.676. The standard InChI is InChI=1S/C24H19ClN2O3/c25-19-11-10-17-14-18(26-13-12-16-6-2-1-3-7-16)15-27-23(17)22(19)24(29)30-21-9-5-4-8-20(21)28/h1-11,14-15,26,28H,12-13H2. The highest BCUT2D eigenvalue weighted by atomic mass is 35.5. The number of hydrogen-bond acceptors (Lipinski definition) is 5. The Labute approximate surface area is 178 Å². The maximum atomic E-state index is 12.7. The lowest BCUT2D eigenvalue weighted by atomic mass is 10.1. The van der Waals surface area contributed by atoms with Gasteiger partial charge < -0.3 is 15.2 Å². The number of aromatic nitrogens is 1. The molecule has 3 aromatic carbocycles. The van der Waals surface area contributed by atoms with Crippen molar-refractivity contribution < 1.29 is 14.6 Å². The van der Waals surface area contributed by atoms with E-state index in [0.29, 0.717) is 5.52 Å². The van der Waals surface area contributed by atoms with Gasteiger partial charge in [0.15, 0.2) is 11.5 Å². The molecule has 4 aromatic rings. The molecule has 30 heavy (non-hydrogen) atoms. The number of halogens is 1. The number of carbonyl (C=O) groups excluding carboxylic acids is 1. The van der Waals surface area contributed by atoms with Gasteiger partial charge in [-0.1, -0.05) is 60.1 Å². The lowest BCUT2D eigenvalue weighted by molar-refractivity contribution is 0.0731. The Balaban J connectivity index is 1.55. The predicted molar refractivity (Wildman–Crippen MR) is 118 cm³/mol. The molecule has 0 saturated heterocycles. The van der Waals surface area contributed by atoms with Crippen LogP contribution in [0, 0.1) is 0 Å². The largest absolute Gasteiger partial charge is 0.504 e. The van der Waals surface area contributed by atoms with Gasteiger partial charge in [0, 0.05) is 11.9 Å². The molecule has 0 unspecified atom stereocenters. The number of nitrogens with zero attached hydrogens (tertiary/aromatic N) is 1. The molecule has 0 aliphatic rings. The molecule has 0 amide bonds. The van der Waals surface area contributed by atoms with Crippen LogP contribution in [-0.2, 0) is 6.42 Å². The van der Waals surface area contributed by atoms with Gasteiger partial charge in [-0.2, -0.15) is 0 Å². The minimum Gasteiger partial charge on any atom is -0.504 e. The molecule has 1 heterocycles. The van der Waals surface area contributed by atoms with Gasteiger partial charge in [0.2, 0.25) is 0 Å². The van der Waals surface area contributed by atoms with E-state index in [1.807, 2.05) is 30.3 Å². The number of anilines is 1. The summed E-state index contributed by atoms with van der Waals surface area (Å²) in [5.74, 6) is -0.737. The van der Waals surface area contributed by atoms with Crippen LogP contribution >= 0.6 is 11.6 Å². The van der Waals surface area contributed by atoms with E-state index in [4.69, 9.17) is 16.3 Å². The van der Waals surface area contributed by atoms with Crippen molar-refractivity contribution in [2.75, 3.05) is 11.9 Å². The normalized spacial score (nSPS) is 10.7. The average molecular weight is 419 g/mol. The highest BCUT2D eigenvalue weighted by molar-refractivity contribution is 6.35. The summed E-state index contributed by atoms with van der Waals surface area (Å²) in [6.07, 6.45) is 2.55. The van der Waals surface area contributed by atoms with Crippen molar-refractivity contribution in [3.8, 4) is 11.5 Å². The van der Waals surface area contributed by atoms with E-state index in [9.17, 15) is 9.90 Å².